The van der Waals surface area contributed by atoms with Gasteiger partial charge in [0.1, 0.15) is 0 Å². The maximum Gasteiger partial charge on any atom is -0.0129 e. The summed E-state index contributed by atoms with van der Waals surface area (Å²) in [5, 5.41) is 2.88. The molecular weight excluding hydrogens is 240 g/mol. The van der Waals surface area contributed by atoms with E-state index in [2.05, 4.69) is 71.9 Å². The van der Waals surface area contributed by atoms with Crippen LogP contribution in [-0.2, 0) is 5.41 Å². The molecule has 0 saturated heterocycles. The normalized spacial score (nSPS) is 12.3. The van der Waals surface area contributed by atoms with Gasteiger partial charge in [0.2, 0.25) is 0 Å². The SMILES string of the molecule is CCC(CC)c1cc(C(C)(C)C)c(C)c2ccccc12. The third-order valence-electron chi connectivity index (χ3n) is 4.58. The number of aryl methyl sites for hydroxylation is 1. The topological polar surface area (TPSA) is 0 Å². The van der Waals surface area contributed by atoms with Crippen molar-refractivity contribution in [2.45, 2.75) is 65.7 Å². The lowest BCUT2D eigenvalue weighted by Crippen LogP contribution is -2.14. The lowest BCUT2D eigenvalue weighted by molar-refractivity contribution is 0.582. The fraction of sp³-hybridized carbons (Fsp3) is 0.500. The largest absolute Gasteiger partial charge is 0.0648 e. The van der Waals surface area contributed by atoms with E-state index in [1.807, 2.05) is 0 Å². The van der Waals surface area contributed by atoms with Gasteiger partial charge in [-0.3, -0.25) is 0 Å². The highest BCUT2D eigenvalue weighted by atomic mass is 14.3. The van der Waals surface area contributed by atoms with Crippen molar-refractivity contribution in [1.82, 2.24) is 0 Å². The molecule has 20 heavy (non-hydrogen) atoms. The van der Waals surface area contributed by atoms with Crippen molar-refractivity contribution >= 4 is 10.8 Å². The van der Waals surface area contributed by atoms with E-state index in [0.717, 1.165) is 0 Å². The summed E-state index contributed by atoms with van der Waals surface area (Å²) in [6, 6.07) is 11.4. The number of benzene rings is 2. The van der Waals surface area contributed by atoms with Gasteiger partial charge in [-0.2, -0.15) is 0 Å². The number of fused-ring (bicyclic) bond motifs is 1. The van der Waals surface area contributed by atoms with Crippen molar-refractivity contribution in [3.8, 4) is 0 Å². The molecule has 0 saturated carbocycles. The zero-order valence-electron chi connectivity index (χ0n) is 13.9. The molecule has 108 valence electrons. The Kier molecular flexibility index (Phi) is 4.22. The second kappa shape index (κ2) is 5.60. The zero-order chi connectivity index (χ0) is 14.9. The van der Waals surface area contributed by atoms with Gasteiger partial charge in [-0.1, -0.05) is 65.0 Å². The lowest BCUT2D eigenvalue weighted by Gasteiger charge is -2.27. The molecule has 0 N–H and O–H groups in total. The molecule has 0 nitrogen and oxygen atoms in total. The van der Waals surface area contributed by atoms with E-state index in [9.17, 15) is 0 Å². The molecule has 2 aromatic rings. The third kappa shape index (κ3) is 2.61. The smallest absolute Gasteiger partial charge is 0.0129 e. The summed E-state index contributed by atoms with van der Waals surface area (Å²) in [4.78, 5) is 0. The van der Waals surface area contributed by atoms with E-state index < -0.39 is 0 Å². The maximum atomic E-state index is 2.48. The average molecular weight is 268 g/mol. The summed E-state index contributed by atoms with van der Waals surface area (Å²) < 4.78 is 0. The average Bonchev–Trinajstić information content (AvgIpc) is 2.41. The molecule has 0 aliphatic carbocycles. The molecule has 0 amide bonds. The van der Waals surface area contributed by atoms with Gasteiger partial charge in [0.05, 0.1) is 0 Å². The molecule has 0 radical (unpaired) electrons. The Balaban J connectivity index is 2.82. The van der Waals surface area contributed by atoms with E-state index >= 15 is 0 Å². The highest BCUT2D eigenvalue weighted by molar-refractivity contribution is 5.90. The first kappa shape index (κ1) is 15.1. The molecule has 0 aliphatic rings. The van der Waals surface area contributed by atoms with E-state index in [4.69, 9.17) is 0 Å². The van der Waals surface area contributed by atoms with Gasteiger partial charge in [-0.25, -0.2) is 0 Å². The van der Waals surface area contributed by atoms with Crippen LogP contribution in [0.15, 0.2) is 30.3 Å². The lowest BCUT2D eigenvalue weighted by atomic mass is 9.78. The summed E-state index contributed by atoms with van der Waals surface area (Å²) in [6.07, 6.45) is 2.43. The molecule has 2 aromatic carbocycles. The third-order valence-corrected chi connectivity index (χ3v) is 4.58. The first-order valence-corrected chi connectivity index (χ1v) is 7.92. The fourth-order valence-corrected chi connectivity index (χ4v) is 3.39. The van der Waals surface area contributed by atoms with Gasteiger partial charge in [-0.05, 0) is 58.6 Å². The first-order valence-electron chi connectivity index (χ1n) is 7.92. The van der Waals surface area contributed by atoms with Crippen LogP contribution >= 0.6 is 0 Å². The molecule has 0 bridgehead atoms. The Morgan fingerprint density at radius 3 is 2.00 bits per heavy atom. The summed E-state index contributed by atoms with van der Waals surface area (Å²) in [6.45, 7) is 13.8. The first-order chi connectivity index (χ1) is 9.40. The Morgan fingerprint density at radius 2 is 1.50 bits per heavy atom. The van der Waals surface area contributed by atoms with Gasteiger partial charge in [0, 0.05) is 0 Å². The summed E-state index contributed by atoms with van der Waals surface area (Å²) in [5.41, 5.74) is 4.69. The quantitative estimate of drug-likeness (QED) is 0.608. The van der Waals surface area contributed by atoms with Gasteiger partial charge >= 0.3 is 0 Å². The van der Waals surface area contributed by atoms with Crippen LogP contribution in [0, 0.1) is 6.92 Å². The summed E-state index contributed by atoms with van der Waals surface area (Å²) in [7, 11) is 0. The fourth-order valence-electron chi connectivity index (χ4n) is 3.39. The second-order valence-electron chi connectivity index (χ2n) is 6.95. The molecule has 0 atom stereocenters. The van der Waals surface area contributed by atoms with Crippen LogP contribution in [0.2, 0.25) is 0 Å². The molecule has 2 rings (SSSR count). The van der Waals surface area contributed by atoms with Crippen molar-refractivity contribution in [3.05, 3.63) is 47.0 Å². The minimum Gasteiger partial charge on any atom is -0.0648 e. The Hall–Kier alpha value is -1.30. The van der Waals surface area contributed by atoms with Crippen LogP contribution in [-0.4, -0.2) is 0 Å². The van der Waals surface area contributed by atoms with Crippen molar-refractivity contribution in [1.29, 1.82) is 0 Å². The van der Waals surface area contributed by atoms with E-state index in [1.54, 1.807) is 5.56 Å². The van der Waals surface area contributed by atoms with Crippen molar-refractivity contribution in [2.75, 3.05) is 0 Å². The molecule has 0 unspecified atom stereocenters. The van der Waals surface area contributed by atoms with Crippen LogP contribution in [0.25, 0.3) is 10.8 Å². The summed E-state index contributed by atoms with van der Waals surface area (Å²) in [5.74, 6) is 0.668. The molecule has 0 heteroatoms. The molecular formula is C20H28. The molecule has 0 spiro atoms. The standard InChI is InChI=1S/C20H28/c1-7-15(8-2)18-13-19(20(4,5)6)14(3)16-11-9-10-12-17(16)18/h9-13,15H,7-8H2,1-6H3. The van der Waals surface area contributed by atoms with Gasteiger partial charge in [-0.15, -0.1) is 0 Å². The predicted molar refractivity (Wildman–Crippen MR) is 90.7 cm³/mol. The predicted octanol–water partition coefficient (Wildman–Crippen LogP) is 6.35. The Morgan fingerprint density at radius 1 is 0.950 bits per heavy atom. The number of rotatable bonds is 3. The summed E-state index contributed by atoms with van der Waals surface area (Å²) >= 11 is 0. The van der Waals surface area contributed by atoms with E-state index in [0.29, 0.717) is 5.92 Å². The van der Waals surface area contributed by atoms with Crippen molar-refractivity contribution in [3.63, 3.8) is 0 Å². The van der Waals surface area contributed by atoms with Crippen LogP contribution in [0.1, 0.15) is 70.1 Å². The highest BCUT2D eigenvalue weighted by Crippen LogP contribution is 2.37. The minimum absolute atomic E-state index is 0.203. The monoisotopic (exact) mass is 268 g/mol. The zero-order valence-corrected chi connectivity index (χ0v) is 13.9. The van der Waals surface area contributed by atoms with Gasteiger partial charge in [0.15, 0.2) is 0 Å². The van der Waals surface area contributed by atoms with Crippen molar-refractivity contribution in [2.24, 2.45) is 0 Å². The van der Waals surface area contributed by atoms with Gasteiger partial charge in [0.25, 0.3) is 0 Å². The van der Waals surface area contributed by atoms with Crippen molar-refractivity contribution < 1.29 is 0 Å². The van der Waals surface area contributed by atoms with Gasteiger partial charge < -0.3 is 0 Å². The molecule has 0 aromatic heterocycles. The maximum absolute atomic E-state index is 2.48. The van der Waals surface area contributed by atoms with Crippen LogP contribution in [0.3, 0.4) is 0 Å². The minimum atomic E-state index is 0.203. The van der Waals surface area contributed by atoms with Crippen LogP contribution < -0.4 is 0 Å². The Bertz CT molecular complexity index is 595. The van der Waals surface area contributed by atoms with Crippen LogP contribution in [0.4, 0.5) is 0 Å². The second-order valence-corrected chi connectivity index (χ2v) is 6.95. The highest BCUT2D eigenvalue weighted by Gasteiger charge is 2.21. The number of hydrogen-bond donors (Lipinski definition) is 0. The molecule has 0 aliphatic heterocycles. The van der Waals surface area contributed by atoms with E-state index in [-0.39, 0.29) is 5.41 Å². The van der Waals surface area contributed by atoms with E-state index in [1.165, 1.54) is 34.7 Å². The van der Waals surface area contributed by atoms with Crippen LogP contribution in [0.5, 0.6) is 0 Å². The molecule has 0 fully saturated rings. The Labute approximate surface area is 124 Å². The number of hydrogen-bond acceptors (Lipinski definition) is 0. The molecule has 0 heterocycles.